The summed E-state index contributed by atoms with van der Waals surface area (Å²) < 4.78 is 0. The van der Waals surface area contributed by atoms with Gasteiger partial charge in [-0.1, -0.05) is 124 Å². The first-order chi connectivity index (χ1) is 24.5. The second-order valence-corrected chi connectivity index (χ2v) is 14.0. The maximum Gasteiger partial charge on any atom is 0.0792 e. The zero-order chi connectivity index (χ0) is 34.7. The van der Waals surface area contributed by atoms with E-state index < -0.39 is 0 Å². The Bertz CT molecular complexity index is 2160. The molecule has 0 saturated heterocycles. The van der Waals surface area contributed by atoms with Gasteiger partial charge in [-0.05, 0) is 109 Å². The van der Waals surface area contributed by atoms with E-state index in [1.54, 1.807) is 22.7 Å². The lowest BCUT2D eigenvalue weighted by molar-refractivity contribution is 1.14. The van der Waals surface area contributed by atoms with Crippen LogP contribution in [-0.2, 0) is 25.7 Å². The van der Waals surface area contributed by atoms with Gasteiger partial charge >= 0.3 is 0 Å². The van der Waals surface area contributed by atoms with Gasteiger partial charge < -0.3 is 0 Å². The number of benzene rings is 4. The van der Waals surface area contributed by atoms with E-state index in [0.717, 1.165) is 78.6 Å². The highest BCUT2D eigenvalue weighted by Gasteiger charge is 2.16. The van der Waals surface area contributed by atoms with Crippen molar-refractivity contribution in [2.24, 2.45) is 0 Å². The molecule has 0 atom stereocenters. The van der Waals surface area contributed by atoms with Gasteiger partial charge in [-0.15, -0.1) is 22.7 Å². The van der Waals surface area contributed by atoms with E-state index in [2.05, 4.69) is 184 Å². The van der Waals surface area contributed by atoms with Crippen LogP contribution in [0.25, 0.3) is 9.75 Å². The van der Waals surface area contributed by atoms with Gasteiger partial charge in [0.2, 0.25) is 0 Å². The minimum absolute atomic E-state index is 0.951. The number of hydrogen-bond acceptors (Lipinski definition) is 2. The fourth-order valence-electron chi connectivity index (χ4n) is 5.27. The van der Waals surface area contributed by atoms with E-state index in [-0.39, 0.29) is 0 Å². The van der Waals surface area contributed by atoms with E-state index >= 15 is 0 Å². The van der Waals surface area contributed by atoms with Gasteiger partial charge in [0.25, 0.3) is 0 Å². The van der Waals surface area contributed by atoms with E-state index in [9.17, 15) is 0 Å². The molecule has 2 aromatic heterocycles. The van der Waals surface area contributed by atoms with Crippen molar-refractivity contribution in [1.29, 1.82) is 0 Å². The highest BCUT2D eigenvalue weighted by molar-refractivity contribution is 7.23. The summed E-state index contributed by atoms with van der Waals surface area (Å²) in [4.78, 5) is 4.08. The van der Waals surface area contributed by atoms with Crippen molar-refractivity contribution >= 4 is 22.7 Å². The van der Waals surface area contributed by atoms with Crippen LogP contribution in [-0.4, -0.2) is 0 Å². The number of rotatable bonds is 5. The molecule has 4 aromatic carbocycles. The Kier molecular flexibility index (Phi) is 11.5. The predicted molar refractivity (Wildman–Crippen MR) is 215 cm³/mol. The Morgan fingerprint density at radius 3 is 0.860 bits per heavy atom. The summed E-state index contributed by atoms with van der Waals surface area (Å²) in [7, 11) is 0. The van der Waals surface area contributed by atoms with E-state index in [1.807, 2.05) is 0 Å². The average Bonchev–Trinajstić information content (AvgIpc) is 3.78. The summed E-state index contributed by atoms with van der Waals surface area (Å²) in [5.41, 5.74) is 11.1. The minimum Gasteiger partial charge on any atom is -0.124 e. The first-order valence-corrected chi connectivity index (χ1v) is 18.9. The molecular weight excluding hydrogens is 641 g/mol. The maximum atomic E-state index is 3.51. The summed E-state index contributed by atoms with van der Waals surface area (Å²) in [5.74, 6) is 27.5. The molecule has 0 N–H and O–H groups in total. The van der Waals surface area contributed by atoms with Crippen molar-refractivity contribution in [2.75, 3.05) is 0 Å². The van der Waals surface area contributed by atoms with Crippen molar-refractivity contribution < 1.29 is 0 Å². The fraction of sp³-hybridized carbons (Fsp3) is 0.167. The van der Waals surface area contributed by atoms with Crippen LogP contribution in [0.15, 0.2) is 109 Å². The lowest BCUT2D eigenvalue weighted by Gasteiger charge is -1.98. The van der Waals surface area contributed by atoms with Crippen LogP contribution in [0.1, 0.15) is 93.1 Å². The monoisotopic (exact) mass is 678 g/mol. The van der Waals surface area contributed by atoms with Crippen molar-refractivity contribution in [1.82, 2.24) is 0 Å². The molecule has 2 heteroatoms. The van der Waals surface area contributed by atoms with Gasteiger partial charge in [-0.3, -0.25) is 0 Å². The van der Waals surface area contributed by atoms with Gasteiger partial charge in [-0.25, -0.2) is 0 Å². The van der Waals surface area contributed by atoms with Crippen LogP contribution >= 0.6 is 22.7 Å². The van der Waals surface area contributed by atoms with E-state index in [4.69, 9.17) is 0 Å². The van der Waals surface area contributed by atoms with Crippen LogP contribution < -0.4 is 0 Å². The largest absolute Gasteiger partial charge is 0.124 e. The normalized spacial score (nSPS) is 10.1. The topological polar surface area (TPSA) is 0 Å². The third-order valence-electron chi connectivity index (χ3n) is 8.46. The zero-order valence-electron chi connectivity index (χ0n) is 29.0. The molecule has 242 valence electrons. The lowest BCUT2D eigenvalue weighted by Crippen LogP contribution is -1.82. The zero-order valence-corrected chi connectivity index (χ0v) is 30.7. The summed E-state index contributed by atoms with van der Waals surface area (Å²) in [6.45, 7) is 8.67. The molecule has 0 fully saturated rings. The number of hydrogen-bond donors (Lipinski definition) is 0. The van der Waals surface area contributed by atoms with Gasteiger partial charge in [0.05, 0.1) is 19.5 Å². The standard InChI is InChI=1S/C48H38S2/c1-5-35-9-17-39(18-10-35)25-29-43-33-45(31-27-41-21-13-37(7-3)14-22-41)49-47(43)48-44(30-26-40-19-11-36(6-2)12-20-40)34-46(50-48)32-28-42-23-15-38(8-4)16-24-42/h9-24,33-34H,5-8H2,1-4H3. The molecular formula is C48H38S2. The molecule has 50 heavy (non-hydrogen) atoms. The molecule has 0 spiro atoms. The fourth-order valence-corrected chi connectivity index (χ4v) is 7.36. The Morgan fingerprint density at radius 1 is 0.340 bits per heavy atom. The summed E-state index contributed by atoms with van der Waals surface area (Å²) in [5, 5.41) is 0. The quantitative estimate of drug-likeness (QED) is 0.159. The van der Waals surface area contributed by atoms with Gasteiger partial charge in [0.15, 0.2) is 0 Å². The van der Waals surface area contributed by atoms with Crippen molar-refractivity contribution in [3.05, 3.63) is 175 Å². The third-order valence-corrected chi connectivity index (χ3v) is 10.7. The Labute approximate surface area is 306 Å². The van der Waals surface area contributed by atoms with Crippen molar-refractivity contribution in [2.45, 2.75) is 53.4 Å². The van der Waals surface area contributed by atoms with Crippen LogP contribution in [0.4, 0.5) is 0 Å². The van der Waals surface area contributed by atoms with E-state index in [0.29, 0.717) is 0 Å². The van der Waals surface area contributed by atoms with Crippen LogP contribution in [0.5, 0.6) is 0 Å². The van der Waals surface area contributed by atoms with Crippen LogP contribution in [0.3, 0.4) is 0 Å². The number of aryl methyl sites for hydroxylation is 4. The average molecular weight is 679 g/mol. The molecule has 0 nitrogen and oxygen atoms in total. The highest BCUT2D eigenvalue weighted by atomic mass is 32.1. The lowest BCUT2D eigenvalue weighted by atomic mass is 10.1. The Hall–Kier alpha value is -5.48. The number of thiophene rings is 2. The first kappa shape index (κ1) is 34.4. The van der Waals surface area contributed by atoms with Gasteiger partial charge in [0.1, 0.15) is 0 Å². The summed E-state index contributed by atoms with van der Waals surface area (Å²) in [6, 6.07) is 38.3. The Morgan fingerprint density at radius 2 is 0.600 bits per heavy atom. The minimum atomic E-state index is 0.951. The second kappa shape index (κ2) is 16.8. The van der Waals surface area contributed by atoms with Crippen LogP contribution in [0, 0.1) is 47.4 Å². The van der Waals surface area contributed by atoms with E-state index in [1.165, 1.54) is 22.3 Å². The Balaban J connectivity index is 1.45. The summed E-state index contributed by atoms with van der Waals surface area (Å²) >= 11 is 3.34. The predicted octanol–water partition coefficient (Wildman–Crippen LogP) is 11.3. The first-order valence-electron chi connectivity index (χ1n) is 17.2. The second-order valence-electron chi connectivity index (χ2n) is 11.9. The van der Waals surface area contributed by atoms with Crippen molar-refractivity contribution in [3.63, 3.8) is 0 Å². The molecule has 0 unspecified atom stereocenters. The molecule has 0 amide bonds. The SMILES string of the molecule is CCc1ccc(C#Cc2cc(C#Cc3ccc(CC)cc3)c(-c3sc(C#Cc4ccc(CC)cc4)cc3C#Cc3ccc(CC)cc3)s2)cc1. The molecule has 2 heterocycles. The van der Waals surface area contributed by atoms with Crippen molar-refractivity contribution in [3.8, 4) is 57.1 Å². The molecule has 0 aliphatic carbocycles. The summed E-state index contributed by atoms with van der Waals surface area (Å²) in [6.07, 6.45) is 4.04. The maximum absolute atomic E-state index is 3.51. The third kappa shape index (κ3) is 8.95. The molecule has 0 saturated carbocycles. The van der Waals surface area contributed by atoms with Gasteiger partial charge in [-0.2, -0.15) is 0 Å². The molecule has 6 aromatic rings. The molecule has 0 radical (unpaired) electrons. The molecule has 6 rings (SSSR count). The highest BCUT2D eigenvalue weighted by Crippen LogP contribution is 2.39. The molecule has 0 aliphatic rings. The smallest absolute Gasteiger partial charge is 0.0792 e. The van der Waals surface area contributed by atoms with Gasteiger partial charge in [0, 0.05) is 33.4 Å². The van der Waals surface area contributed by atoms with Crippen LogP contribution in [0.2, 0.25) is 0 Å². The molecule has 0 bridgehead atoms. The molecule has 0 aliphatic heterocycles.